The Morgan fingerprint density at radius 2 is 2.33 bits per heavy atom. The molecule has 0 bridgehead atoms. The maximum atomic E-state index is 11.9. The Kier molecular flexibility index (Phi) is 3.31. The molecule has 0 atom stereocenters. The Morgan fingerprint density at radius 1 is 1.61 bits per heavy atom. The van der Waals surface area contributed by atoms with Gasteiger partial charge in [-0.05, 0) is 6.07 Å². The molecule has 0 saturated heterocycles. The number of ether oxygens (including phenoxy) is 1. The van der Waals surface area contributed by atoms with Crippen molar-refractivity contribution in [3.8, 4) is 0 Å². The second kappa shape index (κ2) is 4.75. The molecule has 0 aliphatic carbocycles. The van der Waals surface area contributed by atoms with Crippen molar-refractivity contribution in [2.75, 3.05) is 13.7 Å². The Balaban J connectivity index is 2.23. The van der Waals surface area contributed by atoms with Crippen molar-refractivity contribution in [2.45, 2.75) is 6.54 Å². The molecule has 1 aromatic heterocycles. The summed E-state index contributed by atoms with van der Waals surface area (Å²) in [4.78, 5) is 28.3. The first-order valence-electron chi connectivity index (χ1n) is 5.24. The number of amides is 1. The lowest BCUT2D eigenvalue weighted by atomic mass is 9.81. The number of carbonyl (C=O) groups is 2. The van der Waals surface area contributed by atoms with Crippen LogP contribution in [0.15, 0.2) is 12.3 Å². The van der Waals surface area contributed by atoms with E-state index in [-0.39, 0.29) is 30.0 Å². The smallest absolute Gasteiger partial charge is 0.468 e. The fraction of sp³-hybridized carbons (Fsp3) is 0.300. The number of hydrogen-bond donors (Lipinski definition) is 2. The molecule has 0 unspecified atom stereocenters. The summed E-state index contributed by atoms with van der Waals surface area (Å²) in [5.74, 6) is -0.885. The third-order valence-corrected chi connectivity index (χ3v) is 2.70. The van der Waals surface area contributed by atoms with Crippen molar-refractivity contribution in [3.63, 3.8) is 0 Å². The van der Waals surface area contributed by atoms with E-state index in [2.05, 4.69) is 9.72 Å². The first kappa shape index (κ1) is 12.5. The summed E-state index contributed by atoms with van der Waals surface area (Å²) in [5, 5.41) is 18.0. The largest absolute Gasteiger partial charge is 0.490 e. The Bertz CT molecular complexity index is 505. The lowest BCUT2D eigenvalue weighted by Crippen LogP contribution is -2.32. The quantitative estimate of drug-likeness (QED) is 0.470. The summed E-state index contributed by atoms with van der Waals surface area (Å²) in [7, 11) is -0.431. The summed E-state index contributed by atoms with van der Waals surface area (Å²) >= 11 is 0. The number of nitrogens with zero attached hydrogens (tertiary/aromatic N) is 2. The zero-order valence-corrected chi connectivity index (χ0v) is 9.66. The number of carbonyl (C=O) groups excluding carboxylic acids is 2. The molecular weight excluding hydrogens is 239 g/mol. The van der Waals surface area contributed by atoms with Crippen LogP contribution in [0.1, 0.15) is 16.1 Å². The van der Waals surface area contributed by atoms with Gasteiger partial charge in [-0.1, -0.05) is 0 Å². The molecule has 18 heavy (non-hydrogen) atoms. The highest BCUT2D eigenvalue weighted by molar-refractivity contribution is 6.58. The number of hydrogen-bond acceptors (Lipinski definition) is 6. The third kappa shape index (κ3) is 2.20. The minimum Gasteiger partial charge on any atom is -0.468 e. The maximum Gasteiger partial charge on any atom is 0.490 e. The Hall–Kier alpha value is -1.93. The molecule has 1 aromatic rings. The number of aromatic nitrogens is 1. The van der Waals surface area contributed by atoms with Crippen LogP contribution in [0.5, 0.6) is 0 Å². The summed E-state index contributed by atoms with van der Waals surface area (Å²) in [5.41, 5.74) is 0.930. The van der Waals surface area contributed by atoms with Gasteiger partial charge < -0.3 is 19.7 Å². The van der Waals surface area contributed by atoms with Gasteiger partial charge in [0.2, 0.25) is 0 Å². The second-order valence-corrected chi connectivity index (χ2v) is 3.87. The lowest BCUT2D eigenvalue weighted by Gasteiger charge is -2.12. The highest BCUT2D eigenvalue weighted by Crippen LogP contribution is 2.19. The van der Waals surface area contributed by atoms with Gasteiger partial charge in [0, 0.05) is 11.7 Å². The molecule has 0 radical (unpaired) electrons. The molecule has 94 valence electrons. The number of esters is 1. The molecule has 2 N–H and O–H groups in total. The zero-order chi connectivity index (χ0) is 13.3. The fourth-order valence-corrected chi connectivity index (χ4v) is 1.73. The van der Waals surface area contributed by atoms with E-state index < -0.39 is 13.1 Å². The summed E-state index contributed by atoms with van der Waals surface area (Å²) in [6.45, 7) is 0.0633. The molecule has 1 aliphatic heterocycles. The Labute approximate surface area is 103 Å². The van der Waals surface area contributed by atoms with Crippen molar-refractivity contribution >= 4 is 24.5 Å². The Morgan fingerprint density at radius 3 is 2.94 bits per heavy atom. The van der Waals surface area contributed by atoms with Crippen molar-refractivity contribution in [1.29, 1.82) is 0 Å². The van der Waals surface area contributed by atoms with Gasteiger partial charge >= 0.3 is 13.1 Å². The normalized spacial score (nSPS) is 13.5. The lowest BCUT2D eigenvalue weighted by molar-refractivity contribution is -0.141. The van der Waals surface area contributed by atoms with E-state index in [1.165, 1.54) is 24.3 Å². The monoisotopic (exact) mass is 250 g/mol. The van der Waals surface area contributed by atoms with Gasteiger partial charge in [0.15, 0.2) is 0 Å². The van der Waals surface area contributed by atoms with E-state index in [1.54, 1.807) is 0 Å². The number of rotatable bonds is 3. The van der Waals surface area contributed by atoms with Crippen LogP contribution in [0.4, 0.5) is 0 Å². The van der Waals surface area contributed by atoms with Crippen molar-refractivity contribution in [1.82, 2.24) is 9.88 Å². The van der Waals surface area contributed by atoms with Crippen LogP contribution in [-0.2, 0) is 16.1 Å². The van der Waals surface area contributed by atoms with E-state index in [1.807, 2.05) is 0 Å². The predicted molar refractivity (Wildman–Crippen MR) is 60.8 cm³/mol. The van der Waals surface area contributed by atoms with Crippen LogP contribution in [-0.4, -0.2) is 52.6 Å². The van der Waals surface area contributed by atoms with Crippen molar-refractivity contribution < 1.29 is 24.4 Å². The summed E-state index contributed by atoms with van der Waals surface area (Å²) in [6, 6.07) is 1.37. The number of fused-ring (bicyclic) bond motifs is 1. The average Bonchev–Trinajstić information content (AvgIpc) is 2.66. The molecular formula is C10H11BN2O5. The van der Waals surface area contributed by atoms with E-state index in [0.717, 1.165) is 0 Å². The first-order chi connectivity index (χ1) is 8.52. The molecule has 7 nitrogen and oxygen atoms in total. The third-order valence-electron chi connectivity index (χ3n) is 2.70. The van der Waals surface area contributed by atoms with Crippen molar-refractivity contribution in [2.24, 2.45) is 0 Å². The number of methoxy groups -OCH3 is 1. The van der Waals surface area contributed by atoms with Gasteiger partial charge in [0.1, 0.15) is 6.54 Å². The van der Waals surface area contributed by atoms with Crippen LogP contribution in [0.25, 0.3) is 0 Å². The zero-order valence-electron chi connectivity index (χ0n) is 9.66. The van der Waals surface area contributed by atoms with Crippen LogP contribution >= 0.6 is 0 Å². The topological polar surface area (TPSA) is 100.0 Å². The SMILES string of the molecule is COC(=O)CN1Cc2ncc(B(O)O)cc2C1=O. The van der Waals surface area contributed by atoms with E-state index >= 15 is 0 Å². The number of pyridine rings is 1. The molecule has 0 saturated carbocycles. The van der Waals surface area contributed by atoms with E-state index in [9.17, 15) is 9.59 Å². The molecule has 0 aromatic carbocycles. The van der Waals surface area contributed by atoms with Gasteiger partial charge in [-0.15, -0.1) is 0 Å². The molecule has 1 aliphatic rings. The summed E-state index contributed by atoms with van der Waals surface area (Å²) < 4.78 is 4.49. The van der Waals surface area contributed by atoms with Gasteiger partial charge in [-0.2, -0.15) is 0 Å². The minimum atomic E-state index is -1.68. The van der Waals surface area contributed by atoms with Crippen LogP contribution < -0.4 is 5.46 Å². The molecule has 1 amide bonds. The molecule has 8 heteroatoms. The minimum absolute atomic E-state index is 0.141. The average molecular weight is 250 g/mol. The van der Waals surface area contributed by atoms with Gasteiger partial charge in [-0.3, -0.25) is 14.6 Å². The van der Waals surface area contributed by atoms with Gasteiger partial charge in [0.25, 0.3) is 5.91 Å². The standard InChI is InChI=1S/C10H11BN2O5/c1-18-9(14)5-13-4-8-7(10(13)15)2-6(3-12-8)11(16)17/h2-3,16-17H,4-5H2,1H3. The van der Waals surface area contributed by atoms with Crippen LogP contribution in [0, 0.1) is 0 Å². The van der Waals surface area contributed by atoms with E-state index in [4.69, 9.17) is 10.0 Å². The highest BCUT2D eigenvalue weighted by atomic mass is 16.5. The van der Waals surface area contributed by atoms with Crippen LogP contribution in [0.2, 0.25) is 0 Å². The maximum absolute atomic E-state index is 11.9. The highest BCUT2D eigenvalue weighted by Gasteiger charge is 2.31. The van der Waals surface area contributed by atoms with Gasteiger partial charge in [-0.25, -0.2) is 0 Å². The molecule has 2 rings (SSSR count). The molecule has 0 spiro atoms. The summed E-state index contributed by atoms with van der Waals surface area (Å²) in [6.07, 6.45) is 1.29. The van der Waals surface area contributed by atoms with Crippen molar-refractivity contribution in [3.05, 3.63) is 23.5 Å². The van der Waals surface area contributed by atoms with Crippen LogP contribution in [0.3, 0.4) is 0 Å². The molecule has 2 heterocycles. The van der Waals surface area contributed by atoms with Gasteiger partial charge in [0.05, 0.1) is 24.9 Å². The first-order valence-corrected chi connectivity index (χ1v) is 5.24. The fourth-order valence-electron chi connectivity index (χ4n) is 1.73. The molecule has 0 fully saturated rings. The predicted octanol–water partition coefficient (Wildman–Crippen LogP) is -2.11. The second-order valence-electron chi connectivity index (χ2n) is 3.87. The van der Waals surface area contributed by atoms with E-state index in [0.29, 0.717) is 5.69 Å².